The number of nitrogens with zero attached hydrogens (tertiary/aromatic N) is 2. The first-order valence-electron chi connectivity index (χ1n) is 5.58. The highest BCUT2D eigenvalue weighted by Crippen LogP contribution is 2.14. The highest BCUT2D eigenvalue weighted by atomic mass is 16.2. The molecule has 0 rings (SSSR count). The molecule has 0 saturated carbocycles. The Morgan fingerprint density at radius 2 is 2.00 bits per heavy atom. The number of carbonyl (C=O) groups is 1. The number of nitrogens with two attached hydrogens (primary N) is 1. The zero-order valence-electron chi connectivity index (χ0n) is 10.5. The van der Waals surface area contributed by atoms with Gasteiger partial charge in [-0.2, -0.15) is 5.26 Å². The fourth-order valence-electron chi connectivity index (χ4n) is 1.75. The first-order chi connectivity index (χ1) is 7.45. The van der Waals surface area contributed by atoms with Gasteiger partial charge in [-0.25, -0.2) is 5.84 Å². The van der Waals surface area contributed by atoms with Gasteiger partial charge in [0.25, 0.3) is 0 Å². The Hall–Kier alpha value is -1.12. The summed E-state index contributed by atoms with van der Waals surface area (Å²) >= 11 is 0. The van der Waals surface area contributed by atoms with E-state index in [4.69, 9.17) is 11.1 Å². The third-order valence-corrected chi connectivity index (χ3v) is 2.95. The van der Waals surface area contributed by atoms with Crippen LogP contribution in [-0.2, 0) is 4.79 Å². The summed E-state index contributed by atoms with van der Waals surface area (Å²) in [5, 5.41) is 8.60. The molecule has 0 aliphatic rings. The van der Waals surface area contributed by atoms with Crippen LogP contribution in [0.1, 0.15) is 34.1 Å². The van der Waals surface area contributed by atoms with Crippen molar-refractivity contribution in [1.82, 2.24) is 10.3 Å². The molecule has 16 heavy (non-hydrogen) atoms. The smallest absolute Gasteiger partial charge is 0.238 e. The van der Waals surface area contributed by atoms with Crippen LogP contribution in [0.2, 0.25) is 0 Å². The van der Waals surface area contributed by atoms with Crippen molar-refractivity contribution in [2.24, 2.45) is 11.8 Å². The lowest BCUT2D eigenvalue weighted by Gasteiger charge is -2.34. The molecular formula is C11H22N4O. The molecule has 0 heterocycles. The normalized spacial score (nSPS) is 14.6. The molecule has 0 bridgehead atoms. The second-order valence-electron chi connectivity index (χ2n) is 4.28. The molecule has 0 aromatic carbocycles. The lowest BCUT2D eigenvalue weighted by Crippen LogP contribution is -2.48. The van der Waals surface area contributed by atoms with Crippen molar-refractivity contribution in [1.29, 1.82) is 5.26 Å². The summed E-state index contributed by atoms with van der Waals surface area (Å²) in [5.41, 5.74) is 2.16. The first-order valence-corrected chi connectivity index (χ1v) is 5.58. The predicted molar refractivity (Wildman–Crippen MR) is 63.0 cm³/mol. The molecule has 0 aromatic rings. The van der Waals surface area contributed by atoms with Gasteiger partial charge >= 0.3 is 0 Å². The molecule has 0 aliphatic heterocycles. The fraction of sp³-hybridized carbons (Fsp3) is 0.818. The van der Waals surface area contributed by atoms with Gasteiger partial charge in [-0.3, -0.25) is 15.1 Å². The Morgan fingerprint density at radius 3 is 2.38 bits per heavy atom. The number of nitriles is 1. The summed E-state index contributed by atoms with van der Waals surface area (Å²) in [5.74, 6) is 4.76. The number of hydrogen-bond acceptors (Lipinski definition) is 4. The minimum atomic E-state index is -0.189. The summed E-state index contributed by atoms with van der Waals surface area (Å²) in [6.07, 6.45) is 0.472. The van der Waals surface area contributed by atoms with Gasteiger partial charge < -0.3 is 0 Å². The van der Waals surface area contributed by atoms with Crippen molar-refractivity contribution >= 4 is 5.91 Å². The van der Waals surface area contributed by atoms with Crippen molar-refractivity contribution in [2.45, 2.75) is 46.2 Å². The van der Waals surface area contributed by atoms with Crippen molar-refractivity contribution in [3.05, 3.63) is 0 Å². The van der Waals surface area contributed by atoms with Gasteiger partial charge in [-0.05, 0) is 20.8 Å². The van der Waals surface area contributed by atoms with E-state index >= 15 is 0 Å². The number of hydrazine groups is 1. The minimum absolute atomic E-state index is 0.0666. The zero-order chi connectivity index (χ0) is 12.7. The average Bonchev–Trinajstić information content (AvgIpc) is 2.26. The van der Waals surface area contributed by atoms with Gasteiger partial charge in [0.05, 0.1) is 12.0 Å². The van der Waals surface area contributed by atoms with E-state index in [1.54, 1.807) is 0 Å². The molecule has 3 N–H and O–H groups in total. The molecule has 0 fully saturated rings. The predicted octanol–water partition coefficient (Wildman–Crippen LogP) is 0.625. The maximum Gasteiger partial charge on any atom is 0.238 e. The first kappa shape index (κ1) is 14.9. The highest BCUT2D eigenvalue weighted by molar-refractivity contribution is 5.78. The van der Waals surface area contributed by atoms with Gasteiger partial charge in [0.15, 0.2) is 0 Å². The summed E-state index contributed by atoms with van der Waals surface area (Å²) in [7, 11) is 0. The van der Waals surface area contributed by atoms with Gasteiger partial charge in [0.1, 0.15) is 0 Å². The molecule has 5 nitrogen and oxygen atoms in total. The maximum absolute atomic E-state index is 11.4. The van der Waals surface area contributed by atoms with Crippen molar-refractivity contribution < 1.29 is 4.79 Å². The number of carbonyl (C=O) groups excluding carboxylic acids is 1. The molecule has 1 amide bonds. The molecule has 92 valence electrons. The van der Waals surface area contributed by atoms with Crippen LogP contribution in [0.15, 0.2) is 0 Å². The Kier molecular flexibility index (Phi) is 6.70. The number of amides is 1. The van der Waals surface area contributed by atoms with Crippen LogP contribution in [0.4, 0.5) is 0 Å². The molecule has 0 aromatic heterocycles. The van der Waals surface area contributed by atoms with Gasteiger partial charge in [-0.1, -0.05) is 6.92 Å². The summed E-state index contributed by atoms with van der Waals surface area (Å²) in [6, 6.07) is 2.49. The van der Waals surface area contributed by atoms with E-state index in [9.17, 15) is 4.79 Å². The van der Waals surface area contributed by atoms with E-state index in [0.29, 0.717) is 19.0 Å². The number of nitrogens with one attached hydrogen (secondary N) is 1. The van der Waals surface area contributed by atoms with Crippen LogP contribution < -0.4 is 11.3 Å². The lowest BCUT2D eigenvalue weighted by atomic mass is 10.00. The summed E-state index contributed by atoms with van der Waals surface area (Å²) in [6.45, 7) is 8.62. The third-order valence-electron chi connectivity index (χ3n) is 2.95. The van der Waals surface area contributed by atoms with Crippen LogP contribution >= 0.6 is 0 Å². The molecule has 0 spiro atoms. The lowest BCUT2D eigenvalue weighted by molar-refractivity contribution is -0.126. The van der Waals surface area contributed by atoms with E-state index in [2.05, 4.69) is 30.2 Å². The molecule has 0 saturated heterocycles. The number of rotatable bonds is 6. The average molecular weight is 226 g/mol. The minimum Gasteiger partial charge on any atom is -0.296 e. The zero-order valence-corrected chi connectivity index (χ0v) is 10.5. The maximum atomic E-state index is 11.4. The van der Waals surface area contributed by atoms with Crippen LogP contribution in [0.25, 0.3) is 0 Å². The van der Waals surface area contributed by atoms with Crippen LogP contribution in [0.5, 0.6) is 0 Å². The van der Waals surface area contributed by atoms with Gasteiger partial charge in [-0.15, -0.1) is 0 Å². The molecule has 5 heteroatoms. The largest absolute Gasteiger partial charge is 0.296 e. The molecule has 0 radical (unpaired) electrons. The van der Waals surface area contributed by atoms with E-state index in [0.717, 1.165) is 0 Å². The van der Waals surface area contributed by atoms with Crippen molar-refractivity contribution in [2.75, 3.05) is 6.54 Å². The van der Waals surface area contributed by atoms with Crippen LogP contribution in [0, 0.1) is 17.2 Å². The Bertz CT molecular complexity index is 259. The molecular weight excluding hydrogens is 204 g/mol. The highest BCUT2D eigenvalue weighted by Gasteiger charge is 2.26. The van der Waals surface area contributed by atoms with Crippen molar-refractivity contribution in [3.8, 4) is 6.07 Å². The number of hydrogen-bond donors (Lipinski definition) is 2. The summed E-state index contributed by atoms with van der Waals surface area (Å²) < 4.78 is 0. The standard InChI is InChI=1S/C11H22N4O/c1-8(2)15(7-5-6-12)10(4)9(3)11(16)14-13/h8-10H,5,7,13H2,1-4H3,(H,14,16). The van der Waals surface area contributed by atoms with E-state index < -0.39 is 0 Å². The summed E-state index contributed by atoms with van der Waals surface area (Å²) in [4.78, 5) is 13.6. The van der Waals surface area contributed by atoms with Crippen LogP contribution in [-0.4, -0.2) is 29.4 Å². The molecule has 0 aliphatic carbocycles. The second-order valence-corrected chi connectivity index (χ2v) is 4.28. The topological polar surface area (TPSA) is 82.2 Å². The van der Waals surface area contributed by atoms with Crippen LogP contribution in [0.3, 0.4) is 0 Å². The third kappa shape index (κ3) is 4.17. The quantitative estimate of drug-likeness (QED) is 0.395. The van der Waals surface area contributed by atoms with Gasteiger partial charge in [0.2, 0.25) is 5.91 Å². The second kappa shape index (κ2) is 7.20. The monoisotopic (exact) mass is 226 g/mol. The SMILES string of the molecule is CC(C(=O)NN)C(C)N(CCC#N)C(C)C. The molecule has 2 unspecified atom stereocenters. The Labute approximate surface area is 97.6 Å². The van der Waals surface area contributed by atoms with Gasteiger partial charge in [0, 0.05) is 25.0 Å². The van der Waals surface area contributed by atoms with E-state index in [1.165, 1.54) is 0 Å². The van der Waals surface area contributed by atoms with Crippen molar-refractivity contribution in [3.63, 3.8) is 0 Å². The van der Waals surface area contributed by atoms with E-state index in [-0.39, 0.29) is 17.9 Å². The van der Waals surface area contributed by atoms with E-state index in [1.807, 2.05) is 13.8 Å². The fourth-order valence-corrected chi connectivity index (χ4v) is 1.75. The Morgan fingerprint density at radius 1 is 1.44 bits per heavy atom. The Balaban J connectivity index is 4.54. The molecule has 2 atom stereocenters.